The average Bonchev–Trinajstić information content (AvgIpc) is 3.50. The summed E-state index contributed by atoms with van der Waals surface area (Å²) in [5.41, 5.74) is 7.37. The molecule has 4 heteroatoms. The van der Waals surface area contributed by atoms with Crippen LogP contribution in [0.1, 0.15) is 57.2 Å². The predicted molar refractivity (Wildman–Crippen MR) is 213 cm³/mol. The van der Waals surface area contributed by atoms with Crippen LogP contribution in [-0.2, 0) is 10.8 Å². The highest BCUT2D eigenvalue weighted by Crippen LogP contribution is 2.48. The summed E-state index contributed by atoms with van der Waals surface area (Å²) < 4.78 is 2.56. The van der Waals surface area contributed by atoms with Gasteiger partial charge in [-0.25, -0.2) is 15.0 Å². The fraction of sp³-hybridized carbons (Fsp3) is 0.196. The maximum absolute atomic E-state index is 5.36. The molecule has 0 N–H and O–H groups in total. The summed E-state index contributed by atoms with van der Waals surface area (Å²) >= 11 is 1.83. The molecule has 7 aromatic carbocycles. The van der Waals surface area contributed by atoms with E-state index in [2.05, 4.69) is 144 Å². The first-order valence-electron chi connectivity index (χ1n) is 17.7. The first-order valence-corrected chi connectivity index (χ1v) is 18.5. The van der Waals surface area contributed by atoms with E-state index in [0.29, 0.717) is 11.6 Å². The number of benzene rings is 7. The van der Waals surface area contributed by atoms with Crippen LogP contribution in [0, 0.1) is 6.92 Å². The van der Waals surface area contributed by atoms with Crippen LogP contribution in [0.3, 0.4) is 0 Å². The van der Waals surface area contributed by atoms with Crippen molar-refractivity contribution < 1.29 is 0 Å². The third-order valence-corrected chi connectivity index (χ3v) is 12.6. The van der Waals surface area contributed by atoms with Gasteiger partial charge in [0.25, 0.3) is 0 Å². The van der Waals surface area contributed by atoms with Crippen molar-refractivity contribution in [2.24, 2.45) is 0 Å². The van der Waals surface area contributed by atoms with Gasteiger partial charge in [-0.2, -0.15) is 0 Å². The molecule has 0 amide bonds. The fourth-order valence-electron chi connectivity index (χ4n) is 8.50. The molecule has 9 aromatic rings. The Kier molecular flexibility index (Phi) is 6.19. The molecule has 0 unspecified atom stereocenters. The topological polar surface area (TPSA) is 38.7 Å². The van der Waals surface area contributed by atoms with Crippen molar-refractivity contribution in [2.75, 3.05) is 0 Å². The molecule has 0 radical (unpaired) electrons. The predicted octanol–water partition coefficient (Wildman–Crippen LogP) is 12.8. The molecule has 0 saturated heterocycles. The number of rotatable bonds is 3. The van der Waals surface area contributed by atoms with Crippen molar-refractivity contribution in [3.05, 3.63) is 126 Å². The lowest BCUT2D eigenvalue weighted by Crippen LogP contribution is -2.34. The van der Waals surface area contributed by atoms with Gasteiger partial charge in [-0.05, 0) is 116 Å². The third-order valence-electron chi connectivity index (χ3n) is 11.5. The minimum absolute atomic E-state index is 0.0725. The van der Waals surface area contributed by atoms with E-state index in [9.17, 15) is 0 Å². The van der Waals surface area contributed by atoms with Crippen LogP contribution in [0.15, 0.2) is 109 Å². The minimum Gasteiger partial charge on any atom is -0.208 e. The Hall–Kier alpha value is -5.19. The lowest BCUT2D eigenvalue weighted by molar-refractivity contribution is 0.332. The van der Waals surface area contributed by atoms with Crippen LogP contribution in [0.5, 0.6) is 0 Å². The minimum atomic E-state index is 0.0725. The number of thiophene rings is 1. The molecule has 3 nitrogen and oxygen atoms in total. The quantitative estimate of drug-likeness (QED) is 0.177. The number of aromatic nitrogens is 3. The van der Waals surface area contributed by atoms with Crippen LogP contribution in [0.25, 0.3) is 86.7 Å². The van der Waals surface area contributed by atoms with Gasteiger partial charge in [0.1, 0.15) is 0 Å². The molecule has 242 valence electrons. The molecule has 1 aliphatic rings. The fourth-order valence-corrected chi connectivity index (χ4v) is 9.59. The number of hydrogen-bond acceptors (Lipinski definition) is 4. The van der Waals surface area contributed by atoms with Gasteiger partial charge in [0.2, 0.25) is 0 Å². The Bertz CT molecular complexity index is 2820. The number of nitrogens with zero attached hydrogens (tertiary/aromatic N) is 3. The lowest BCUT2D eigenvalue weighted by atomic mass is 9.62. The molecule has 0 bridgehead atoms. The van der Waals surface area contributed by atoms with E-state index < -0.39 is 0 Å². The zero-order chi connectivity index (χ0) is 33.9. The van der Waals surface area contributed by atoms with Gasteiger partial charge in [-0.3, -0.25) is 0 Å². The SMILES string of the molecule is Cc1cc2c(cc1-c1nc(-c3ccc4sc5ccccc5c4c3)nc(-c3ccc4ccc5cccc6ccc3c4c56)n1)C(C)(C)CCC2(C)C. The van der Waals surface area contributed by atoms with E-state index in [1.807, 2.05) is 11.3 Å². The van der Waals surface area contributed by atoms with Gasteiger partial charge >= 0.3 is 0 Å². The van der Waals surface area contributed by atoms with E-state index in [4.69, 9.17) is 15.0 Å². The highest BCUT2D eigenvalue weighted by atomic mass is 32.1. The second-order valence-electron chi connectivity index (χ2n) is 15.6. The van der Waals surface area contributed by atoms with Crippen molar-refractivity contribution in [2.45, 2.75) is 58.3 Å². The van der Waals surface area contributed by atoms with Crippen LogP contribution in [-0.4, -0.2) is 15.0 Å². The molecule has 10 rings (SSSR count). The van der Waals surface area contributed by atoms with E-state index in [1.165, 1.54) is 75.6 Å². The maximum Gasteiger partial charge on any atom is 0.164 e. The Morgan fingerprint density at radius 2 is 1.12 bits per heavy atom. The molecule has 0 spiro atoms. The normalized spacial score (nSPS) is 15.5. The summed E-state index contributed by atoms with van der Waals surface area (Å²) in [5, 5.41) is 9.97. The summed E-state index contributed by atoms with van der Waals surface area (Å²) in [7, 11) is 0. The third kappa shape index (κ3) is 4.37. The van der Waals surface area contributed by atoms with E-state index in [-0.39, 0.29) is 10.8 Å². The molecule has 0 aliphatic heterocycles. The van der Waals surface area contributed by atoms with E-state index in [1.54, 1.807) is 0 Å². The first-order chi connectivity index (χ1) is 24.1. The molecule has 50 heavy (non-hydrogen) atoms. The summed E-state index contributed by atoms with van der Waals surface area (Å²) in [6.45, 7) is 11.8. The Balaban J connectivity index is 1.25. The van der Waals surface area contributed by atoms with Crippen LogP contribution < -0.4 is 0 Å². The summed E-state index contributed by atoms with van der Waals surface area (Å²) in [5.74, 6) is 2.13. The number of fused-ring (bicyclic) bond motifs is 4. The number of aryl methyl sites for hydroxylation is 1. The summed E-state index contributed by atoms with van der Waals surface area (Å²) in [4.78, 5) is 16.0. The Morgan fingerprint density at radius 1 is 0.500 bits per heavy atom. The van der Waals surface area contributed by atoms with Crippen LogP contribution >= 0.6 is 11.3 Å². The molecule has 0 atom stereocenters. The molecule has 2 heterocycles. The summed E-state index contributed by atoms with van der Waals surface area (Å²) in [6, 6.07) is 40.1. The molecular weight excluding hydrogens is 627 g/mol. The highest BCUT2D eigenvalue weighted by molar-refractivity contribution is 7.25. The van der Waals surface area contributed by atoms with Crippen molar-refractivity contribution in [3.8, 4) is 34.2 Å². The highest BCUT2D eigenvalue weighted by Gasteiger charge is 2.37. The molecule has 1 aliphatic carbocycles. The molecule has 0 saturated carbocycles. The van der Waals surface area contributed by atoms with Crippen molar-refractivity contribution >= 4 is 63.8 Å². The van der Waals surface area contributed by atoms with Crippen LogP contribution in [0.4, 0.5) is 0 Å². The largest absolute Gasteiger partial charge is 0.208 e. The van der Waals surface area contributed by atoms with Gasteiger partial charge in [-0.15, -0.1) is 11.3 Å². The van der Waals surface area contributed by atoms with Gasteiger partial charge < -0.3 is 0 Å². The van der Waals surface area contributed by atoms with E-state index >= 15 is 0 Å². The molecular formula is C46H37N3S. The van der Waals surface area contributed by atoms with Crippen molar-refractivity contribution in [1.29, 1.82) is 0 Å². The van der Waals surface area contributed by atoms with Gasteiger partial charge in [-0.1, -0.05) is 100 Å². The van der Waals surface area contributed by atoms with Crippen LogP contribution in [0.2, 0.25) is 0 Å². The Labute approximate surface area is 296 Å². The first kappa shape index (κ1) is 29.7. The second kappa shape index (κ2) is 10.4. The summed E-state index contributed by atoms with van der Waals surface area (Å²) in [6.07, 6.45) is 2.33. The monoisotopic (exact) mass is 663 g/mol. The lowest BCUT2D eigenvalue weighted by Gasteiger charge is -2.42. The molecule has 2 aromatic heterocycles. The van der Waals surface area contributed by atoms with Crippen molar-refractivity contribution in [1.82, 2.24) is 15.0 Å². The van der Waals surface area contributed by atoms with E-state index in [0.717, 1.165) is 28.9 Å². The zero-order valence-corrected chi connectivity index (χ0v) is 29.9. The molecule has 0 fully saturated rings. The van der Waals surface area contributed by atoms with Gasteiger partial charge in [0.05, 0.1) is 0 Å². The second-order valence-corrected chi connectivity index (χ2v) is 16.6. The smallest absolute Gasteiger partial charge is 0.164 e. The zero-order valence-electron chi connectivity index (χ0n) is 29.1. The Morgan fingerprint density at radius 3 is 1.90 bits per heavy atom. The van der Waals surface area contributed by atoms with Gasteiger partial charge in [0.15, 0.2) is 17.5 Å². The average molecular weight is 664 g/mol. The number of hydrogen-bond donors (Lipinski definition) is 0. The maximum atomic E-state index is 5.36. The standard InChI is InChI=1S/C46H37N3S/c1-26-23-36-37(46(4,5)22-21-45(36,2)3)25-34(26)44-48-42(30-17-20-39-35(24-30)31-11-6-7-12-38(31)50-39)47-43(49-44)33-19-16-29-14-13-27-9-8-10-28-15-18-32(33)41(29)40(27)28/h6-20,23-25H,21-22H2,1-5H3. The van der Waals surface area contributed by atoms with Gasteiger partial charge in [0, 0.05) is 36.9 Å². The van der Waals surface area contributed by atoms with Crippen molar-refractivity contribution in [3.63, 3.8) is 0 Å².